The summed E-state index contributed by atoms with van der Waals surface area (Å²) in [6, 6.07) is 44.0. The lowest BCUT2D eigenvalue weighted by Crippen LogP contribution is -2.38. The first-order chi connectivity index (χ1) is 23.7. The van der Waals surface area contributed by atoms with E-state index in [1.807, 2.05) is 0 Å². The Labute approximate surface area is 283 Å². The van der Waals surface area contributed by atoms with Crippen LogP contribution in [0.3, 0.4) is 0 Å². The fourth-order valence-electron chi connectivity index (χ4n) is 8.02. The van der Waals surface area contributed by atoms with Crippen molar-refractivity contribution in [3.05, 3.63) is 173 Å². The number of allylic oxidation sites excluding steroid dienone is 6. The molecule has 1 aliphatic heterocycles. The summed E-state index contributed by atoms with van der Waals surface area (Å²) in [6.45, 7) is 4.57. The maximum atomic E-state index is 5.62. The second-order valence-electron chi connectivity index (χ2n) is 12.8. The topological polar surface area (TPSA) is 17.3 Å². The highest BCUT2D eigenvalue weighted by Crippen LogP contribution is 2.56. The lowest BCUT2D eigenvalue weighted by molar-refractivity contribution is 0.768. The van der Waals surface area contributed by atoms with Crippen molar-refractivity contribution >= 4 is 45.5 Å². The summed E-state index contributed by atoms with van der Waals surface area (Å²) < 4.78 is 2.43. The van der Waals surface area contributed by atoms with Crippen LogP contribution in [-0.2, 0) is 5.41 Å². The predicted molar refractivity (Wildman–Crippen MR) is 206 cm³/mol. The Morgan fingerprint density at radius 2 is 1.56 bits per heavy atom. The van der Waals surface area contributed by atoms with Gasteiger partial charge < -0.3 is 4.57 Å². The molecule has 1 aliphatic carbocycles. The minimum atomic E-state index is -0.509. The molecule has 0 N–H and O–H groups in total. The zero-order chi connectivity index (χ0) is 32.5. The molecule has 2 nitrogen and oxygen atoms in total. The molecule has 1 atom stereocenters. The van der Waals surface area contributed by atoms with Gasteiger partial charge >= 0.3 is 0 Å². The Morgan fingerprint density at radius 3 is 2.33 bits per heavy atom. The molecule has 0 bridgehead atoms. The van der Waals surface area contributed by atoms with E-state index in [0.29, 0.717) is 0 Å². The summed E-state index contributed by atoms with van der Waals surface area (Å²) in [5.74, 6) is 0. The number of para-hydroxylation sites is 1. The van der Waals surface area contributed by atoms with Gasteiger partial charge in [-0.25, -0.2) is 0 Å². The van der Waals surface area contributed by atoms with E-state index in [-0.39, 0.29) is 0 Å². The van der Waals surface area contributed by atoms with Crippen molar-refractivity contribution in [2.24, 2.45) is 4.99 Å². The van der Waals surface area contributed by atoms with E-state index in [2.05, 4.69) is 176 Å². The van der Waals surface area contributed by atoms with Crippen LogP contribution in [0.25, 0.3) is 45.2 Å². The molecule has 48 heavy (non-hydrogen) atoms. The van der Waals surface area contributed by atoms with E-state index in [1.165, 1.54) is 66.5 Å². The molecule has 1 unspecified atom stereocenters. The van der Waals surface area contributed by atoms with Gasteiger partial charge in [0.2, 0.25) is 0 Å². The van der Waals surface area contributed by atoms with Crippen LogP contribution in [0.15, 0.2) is 162 Å². The fraction of sp³-hybridized carbons (Fsp3) is 0.152. The van der Waals surface area contributed by atoms with Crippen LogP contribution in [0, 0.1) is 0 Å². The van der Waals surface area contributed by atoms with Crippen molar-refractivity contribution < 1.29 is 0 Å². The van der Waals surface area contributed by atoms with E-state index in [4.69, 9.17) is 4.99 Å². The number of rotatable bonds is 8. The van der Waals surface area contributed by atoms with Gasteiger partial charge in [-0.05, 0) is 77.8 Å². The Kier molecular flexibility index (Phi) is 7.86. The van der Waals surface area contributed by atoms with Gasteiger partial charge in [-0.1, -0.05) is 147 Å². The molecular formula is C46H40N2. The van der Waals surface area contributed by atoms with Gasteiger partial charge in [0.15, 0.2) is 0 Å². The van der Waals surface area contributed by atoms with Gasteiger partial charge in [-0.15, -0.1) is 0 Å². The summed E-state index contributed by atoms with van der Waals surface area (Å²) in [6.07, 6.45) is 17.7. The number of nitrogens with zero attached hydrogens (tertiary/aromatic N) is 2. The number of fused-ring (bicyclic) bond motifs is 5. The van der Waals surface area contributed by atoms with Gasteiger partial charge in [-0.3, -0.25) is 4.99 Å². The average molecular weight is 621 g/mol. The molecule has 0 fully saturated rings. The fourth-order valence-corrected chi connectivity index (χ4v) is 8.02. The number of hydrogen-bond acceptors (Lipinski definition) is 1. The highest BCUT2D eigenvalue weighted by atomic mass is 15.0. The highest BCUT2D eigenvalue weighted by molar-refractivity contribution is 6.22. The third-order valence-corrected chi connectivity index (χ3v) is 10.1. The van der Waals surface area contributed by atoms with Crippen molar-refractivity contribution in [1.82, 2.24) is 4.57 Å². The van der Waals surface area contributed by atoms with E-state index in [0.717, 1.165) is 31.4 Å². The zero-order valence-electron chi connectivity index (χ0n) is 27.7. The van der Waals surface area contributed by atoms with Crippen LogP contribution in [-0.4, -0.2) is 10.3 Å². The average Bonchev–Trinajstić information content (AvgIpc) is 3.67. The molecule has 0 saturated carbocycles. The summed E-state index contributed by atoms with van der Waals surface area (Å²) in [5.41, 5.74) is 13.1. The number of benzene rings is 5. The van der Waals surface area contributed by atoms with Crippen molar-refractivity contribution in [1.29, 1.82) is 0 Å². The molecule has 8 rings (SSSR count). The molecule has 2 aliphatic rings. The molecule has 1 aromatic heterocycles. The second kappa shape index (κ2) is 12.6. The lowest BCUT2D eigenvalue weighted by Gasteiger charge is -2.37. The van der Waals surface area contributed by atoms with Gasteiger partial charge in [0.25, 0.3) is 0 Å². The standard InChI is InChI=1S/C46H40N2/c1-3-17-37(4-2)46(38-24-12-7-13-25-38)43-41(47-45(46)35-21-10-6-11-22-35)29-28-40-39-26-14-15-27-42(39)48(44(40)43)31-30-33-18-16-23-36(32-33)34-19-8-5-9-20-34/h5-10,12-21,23-32H,3-4,11,22H2,1-2H3/b31-30?,37-17+. The maximum Gasteiger partial charge on any atom is 0.0878 e. The summed E-state index contributed by atoms with van der Waals surface area (Å²) >= 11 is 0. The molecular weight excluding hydrogens is 581 g/mol. The van der Waals surface area contributed by atoms with Crippen molar-refractivity contribution in [3.63, 3.8) is 0 Å². The Balaban J connectivity index is 1.44. The molecule has 234 valence electrons. The monoisotopic (exact) mass is 620 g/mol. The second-order valence-corrected chi connectivity index (χ2v) is 12.8. The largest absolute Gasteiger partial charge is 0.315 e. The van der Waals surface area contributed by atoms with E-state index < -0.39 is 5.41 Å². The first-order valence-electron chi connectivity index (χ1n) is 17.3. The highest BCUT2D eigenvalue weighted by Gasteiger charge is 2.50. The third kappa shape index (κ3) is 4.83. The molecule has 0 saturated heterocycles. The first kappa shape index (κ1) is 29.9. The molecule has 0 radical (unpaired) electrons. The Morgan fingerprint density at radius 1 is 0.792 bits per heavy atom. The van der Waals surface area contributed by atoms with Gasteiger partial charge in [0.05, 0.1) is 27.8 Å². The van der Waals surface area contributed by atoms with Crippen LogP contribution < -0.4 is 0 Å². The van der Waals surface area contributed by atoms with Crippen LogP contribution in [0.1, 0.15) is 56.2 Å². The normalized spacial score (nSPS) is 17.7. The van der Waals surface area contributed by atoms with Crippen LogP contribution in [0.5, 0.6) is 0 Å². The SMILES string of the molecule is CC/C=C(\CC)C1(c2ccccc2)C(C2=CC=CCC2)=Nc2ccc3c4ccccc4n(C=Cc4cccc(-c5ccccc5)c4)c3c21. The maximum absolute atomic E-state index is 5.62. The Bertz CT molecular complexity index is 2290. The van der Waals surface area contributed by atoms with E-state index >= 15 is 0 Å². The zero-order valence-corrected chi connectivity index (χ0v) is 27.7. The lowest BCUT2D eigenvalue weighted by atomic mass is 9.63. The summed E-state index contributed by atoms with van der Waals surface area (Å²) in [7, 11) is 0. The van der Waals surface area contributed by atoms with E-state index in [9.17, 15) is 0 Å². The minimum Gasteiger partial charge on any atom is -0.315 e. The summed E-state index contributed by atoms with van der Waals surface area (Å²) in [5, 5.41) is 2.51. The quantitative estimate of drug-likeness (QED) is 0.151. The van der Waals surface area contributed by atoms with E-state index in [1.54, 1.807) is 0 Å². The van der Waals surface area contributed by atoms with Crippen LogP contribution in [0.4, 0.5) is 5.69 Å². The van der Waals surface area contributed by atoms with Gasteiger partial charge in [0, 0.05) is 22.5 Å². The van der Waals surface area contributed by atoms with Gasteiger partial charge in [-0.2, -0.15) is 0 Å². The van der Waals surface area contributed by atoms with Crippen molar-refractivity contribution in [3.8, 4) is 11.1 Å². The molecule has 0 spiro atoms. The first-order valence-corrected chi connectivity index (χ1v) is 17.3. The third-order valence-electron chi connectivity index (χ3n) is 10.1. The number of aromatic nitrogens is 1. The van der Waals surface area contributed by atoms with Gasteiger partial charge in [0.1, 0.15) is 0 Å². The van der Waals surface area contributed by atoms with Crippen LogP contribution >= 0.6 is 0 Å². The van der Waals surface area contributed by atoms with Crippen molar-refractivity contribution in [2.45, 2.75) is 44.9 Å². The molecule has 0 amide bonds. The Hall–Kier alpha value is -5.47. The molecule has 2 heteroatoms. The van der Waals surface area contributed by atoms with Crippen molar-refractivity contribution in [2.75, 3.05) is 0 Å². The minimum absolute atomic E-state index is 0.509. The smallest absolute Gasteiger partial charge is 0.0878 e. The number of aliphatic imine (C=N–C) groups is 1. The molecule has 6 aromatic rings. The van der Waals surface area contributed by atoms with Crippen LogP contribution in [0.2, 0.25) is 0 Å². The number of hydrogen-bond donors (Lipinski definition) is 0. The molecule has 2 heterocycles. The summed E-state index contributed by atoms with van der Waals surface area (Å²) in [4.78, 5) is 5.62. The molecule has 5 aromatic carbocycles. The predicted octanol–water partition coefficient (Wildman–Crippen LogP) is 12.5.